The van der Waals surface area contributed by atoms with Gasteiger partial charge in [-0.15, -0.1) is 6.58 Å². The maximum Gasteiger partial charge on any atom is 0.188 e. The molecule has 0 spiro atoms. The number of allylic oxidation sites excluding steroid dienone is 1. The predicted molar refractivity (Wildman–Crippen MR) is 154 cm³/mol. The Bertz CT molecular complexity index is 1520. The maximum absolute atomic E-state index is 14.4. The van der Waals surface area contributed by atoms with Crippen LogP contribution in [0.4, 0.5) is 0 Å². The highest BCUT2D eigenvalue weighted by molar-refractivity contribution is 5.97. The summed E-state index contributed by atoms with van der Waals surface area (Å²) in [7, 11) is 3.11. The lowest BCUT2D eigenvalue weighted by atomic mass is 9.57. The number of hydrogen-bond acceptors (Lipinski definition) is 8. The van der Waals surface area contributed by atoms with Gasteiger partial charge in [-0.2, -0.15) is 0 Å². The van der Waals surface area contributed by atoms with E-state index in [-0.39, 0.29) is 30.0 Å². The van der Waals surface area contributed by atoms with Crippen LogP contribution in [0.3, 0.4) is 0 Å². The van der Waals surface area contributed by atoms with Gasteiger partial charge in [0.15, 0.2) is 17.3 Å². The monoisotopic (exact) mass is 551 g/mol. The standard InChI is InChI=1S/C33H33N3O5/c1-4-11-23-22(15-16-26(40-2)31(23)41-3)24-20-32(38,27-13-6-9-18-35-27)21-33(39,28-14-7-10-19-36-28)29(24)30(37)25-12-5-8-17-34-25/h4-10,12-19,24,29,38-39H,1,11,20-21H2,2-3H3/t24-,29+,32+,33-/m1/s1. The molecule has 0 radical (unpaired) electrons. The van der Waals surface area contributed by atoms with E-state index in [1.807, 2.05) is 6.07 Å². The van der Waals surface area contributed by atoms with Gasteiger partial charge in [-0.1, -0.05) is 30.3 Å². The fourth-order valence-electron chi connectivity index (χ4n) is 6.21. The zero-order valence-corrected chi connectivity index (χ0v) is 23.1. The zero-order chi connectivity index (χ0) is 29.0. The molecule has 0 amide bonds. The van der Waals surface area contributed by atoms with Gasteiger partial charge in [0.1, 0.15) is 16.9 Å². The van der Waals surface area contributed by atoms with Gasteiger partial charge in [0.25, 0.3) is 0 Å². The van der Waals surface area contributed by atoms with Gasteiger partial charge in [0.2, 0.25) is 0 Å². The van der Waals surface area contributed by atoms with Gasteiger partial charge < -0.3 is 19.7 Å². The summed E-state index contributed by atoms with van der Waals surface area (Å²) in [6.07, 6.45) is 6.77. The molecule has 1 aliphatic carbocycles. The minimum absolute atomic E-state index is 0.0992. The Labute approximate surface area is 239 Å². The lowest BCUT2D eigenvalue weighted by molar-refractivity contribution is -0.144. The first kappa shape index (κ1) is 28.1. The van der Waals surface area contributed by atoms with Crippen molar-refractivity contribution in [2.45, 2.75) is 36.4 Å². The molecular formula is C33H33N3O5. The van der Waals surface area contributed by atoms with E-state index in [0.717, 1.165) is 11.1 Å². The zero-order valence-electron chi connectivity index (χ0n) is 23.1. The van der Waals surface area contributed by atoms with Crippen LogP contribution in [0.5, 0.6) is 11.5 Å². The molecule has 5 rings (SSSR count). The summed E-state index contributed by atoms with van der Waals surface area (Å²) in [6.45, 7) is 3.94. The van der Waals surface area contributed by atoms with Crippen molar-refractivity contribution in [1.29, 1.82) is 0 Å². The van der Waals surface area contributed by atoms with Crippen LogP contribution in [0.1, 0.15) is 51.8 Å². The number of pyridine rings is 3. The molecule has 4 atom stereocenters. The van der Waals surface area contributed by atoms with Gasteiger partial charge in [0, 0.05) is 36.5 Å². The lowest BCUT2D eigenvalue weighted by Crippen LogP contribution is -2.54. The van der Waals surface area contributed by atoms with E-state index in [1.165, 1.54) is 0 Å². The van der Waals surface area contributed by atoms with E-state index < -0.39 is 23.0 Å². The number of aromatic nitrogens is 3. The van der Waals surface area contributed by atoms with Crippen molar-refractivity contribution >= 4 is 5.78 Å². The number of Topliss-reactive ketones (excluding diaryl/α,β-unsaturated/α-hetero) is 1. The molecule has 3 heterocycles. The van der Waals surface area contributed by atoms with Crippen LogP contribution >= 0.6 is 0 Å². The van der Waals surface area contributed by atoms with Crippen molar-refractivity contribution in [3.8, 4) is 11.5 Å². The number of hydrogen-bond donors (Lipinski definition) is 2. The van der Waals surface area contributed by atoms with Crippen molar-refractivity contribution in [2.24, 2.45) is 5.92 Å². The summed E-state index contributed by atoms with van der Waals surface area (Å²) in [4.78, 5) is 27.7. The molecule has 8 nitrogen and oxygen atoms in total. The van der Waals surface area contributed by atoms with Crippen molar-refractivity contribution in [2.75, 3.05) is 14.2 Å². The average molecular weight is 552 g/mol. The second-order valence-corrected chi connectivity index (χ2v) is 10.3. The van der Waals surface area contributed by atoms with Crippen molar-refractivity contribution in [3.63, 3.8) is 0 Å². The Hall–Kier alpha value is -4.40. The maximum atomic E-state index is 14.4. The summed E-state index contributed by atoms with van der Waals surface area (Å²) >= 11 is 0. The molecule has 41 heavy (non-hydrogen) atoms. The molecule has 1 aliphatic rings. The number of aliphatic hydroxyl groups is 2. The molecule has 3 aromatic heterocycles. The second kappa shape index (κ2) is 11.6. The molecule has 1 saturated carbocycles. The third kappa shape index (κ3) is 5.12. The summed E-state index contributed by atoms with van der Waals surface area (Å²) in [5, 5.41) is 25.1. The molecule has 0 saturated heterocycles. The highest BCUT2D eigenvalue weighted by Gasteiger charge is 2.59. The van der Waals surface area contributed by atoms with E-state index in [1.54, 1.807) is 99.5 Å². The van der Waals surface area contributed by atoms with Crippen LogP contribution in [0.25, 0.3) is 0 Å². The summed E-state index contributed by atoms with van der Waals surface area (Å²) < 4.78 is 11.4. The van der Waals surface area contributed by atoms with E-state index >= 15 is 0 Å². The fourth-order valence-corrected chi connectivity index (χ4v) is 6.21. The highest BCUT2D eigenvalue weighted by Crippen LogP contribution is 2.57. The Morgan fingerprint density at radius 1 is 0.927 bits per heavy atom. The van der Waals surface area contributed by atoms with Crippen LogP contribution in [0, 0.1) is 5.92 Å². The van der Waals surface area contributed by atoms with Gasteiger partial charge in [-0.3, -0.25) is 19.7 Å². The van der Waals surface area contributed by atoms with E-state index in [9.17, 15) is 15.0 Å². The number of ether oxygens (including phenoxy) is 2. The molecule has 0 bridgehead atoms. The van der Waals surface area contributed by atoms with Crippen LogP contribution < -0.4 is 9.47 Å². The first-order valence-corrected chi connectivity index (χ1v) is 13.4. The third-order valence-electron chi connectivity index (χ3n) is 7.92. The summed E-state index contributed by atoms with van der Waals surface area (Å²) in [5.74, 6) is -1.09. The van der Waals surface area contributed by atoms with Crippen molar-refractivity contribution in [1.82, 2.24) is 15.0 Å². The molecule has 2 N–H and O–H groups in total. The molecule has 1 fully saturated rings. The minimum Gasteiger partial charge on any atom is -0.493 e. The fraction of sp³-hybridized carbons (Fsp3) is 0.273. The number of benzene rings is 1. The quantitative estimate of drug-likeness (QED) is 0.226. The highest BCUT2D eigenvalue weighted by atomic mass is 16.5. The number of ketones is 1. The van der Waals surface area contributed by atoms with Gasteiger partial charge in [-0.05, 0) is 60.9 Å². The van der Waals surface area contributed by atoms with E-state index in [4.69, 9.17) is 9.47 Å². The van der Waals surface area contributed by atoms with Gasteiger partial charge in [-0.25, -0.2) is 0 Å². The molecule has 0 unspecified atom stereocenters. The SMILES string of the molecule is C=CCc1c([C@H]2C[C@@](O)(c3ccccn3)C[C@@](O)(c3ccccn3)[C@@H]2C(=O)c2ccccn2)ccc(OC)c1OC. The smallest absolute Gasteiger partial charge is 0.188 e. The predicted octanol–water partition coefficient (Wildman–Crippen LogP) is 4.77. The molecule has 4 aromatic rings. The van der Waals surface area contributed by atoms with Crippen LogP contribution in [-0.4, -0.2) is 45.2 Å². The number of carbonyl (C=O) groups is 1. The first-order chi connectivity index (χ1) is 19.9. The van der Waals surface area contributed by atoms with Crippen molar-refractivity contribution < 1.29 is 24.5 Å². The van der Waals surface area contributed by atoms with E-state index in [0.29, 0.717) is 23.6 Å². The Morgan fingerprint density at radius 2 is 1.59 bits per heavy atom. The lowest BCUT2D eigenvalue weighted by Gasteiger charge is -2.50. The number of rotatable bonds is 9. The number of methoxy groups -OCH3 is 2. The number of nitrogens with zero attached hydrogens (tertiary/aromatic N) is 3. The first-order valence-electron chi connectivity index (χ1n) is 13.4. The topological polar surface area (TPSA) is 115 Å². The van der Waals surface area contributed by atoms with Crippen LogP contribution in [0.2, 0.25) is 0 Å². The second-order valence-electron chi connectivity index (χ2n) is 10.3. The summed E-state index contributed by atoms with van der Waals surface area (Å²) in [6, 6.07) is 19.2. The Morgan fingerprint density at radius 3 is 2.15 bits per heavy atom. The van der Waals surface area contributed by atoms with Crippen molar-refractivity contribution in [3.05, 3.63) is 126 Å². The Kier molecular flexibility index (Phi) is 7.97. The molecule has 210 valence electrons. The molecule has 8 heteroatoms. The number of carbonyl (C=O) groups excluding carboxylic acids is 1. The molecule has 0 aliphatic heterocycles. The average Bonchev–Trinajstić information content (AvgIpc) is 3.01. The largest absolute Gasteiger partial charge is 0.493 e. The minimum atomic E-state index is -1.89. The van der Waals surface area contributed by atoms with Crippen LogP contribution in [-0.2, 0) is 17.6 Å². The van der Waals surface area contributed by atoms with Crippen LogP contribution in [0.15, 0.2) is 98.0 Å². The normalized spacial score (nSPS) is 23.9. The molecular weight excluding hydrogens is 518 g/mol. The summed E-state index contributed by atoms with van der Waals surface area (Å²) in [5.41, 5.74) is -1.13. The molecule has 1 aromatic carbocycles. The van der Waals surface area contributed by atoms with Gasteiger partial charge >= 0.3 is 0 Å². The third-order valence-corrected chi connectivity index (χ3v) is 7.92. The Balaban J connectivity index is 1.81. The van der Waals surface area contributed by atoms with E-state index in [2.05, 4.69) is 21.5 Å². The van der Waals surface area contributed by atoms with Gasteiger partial charge in [0.05, 0.1) is 31.5 Å².